The number of aryl methyl sites for hydroxylation is 1. The fourth-order valence-electron chi connectivity index (χ4n) is 5.25. The van der Waals surface area contributed by atoms with Crippen molar-refractivity contribution in [2.24, 2.45) is 11.0 Å². The molecule has 1 aliphatic carbocycles. The Balaban J connectivity index is 1.50. The predicted molar refractivity (Wildman–Crippen MR) is 151 cm³/mol. The highest BCUT2D eigenvalue weighted by Crippen LogP contribution is 2.38. The molecule has 1 saturated carbocycles. The first-order chi connectivity index (χ1) is 17.9. The molecule has 0 saturated heterocycles. The maximum Gasteiger partial charge on any atom is 0.349 e. The van der Waals surface area contributed by atoms with Crippen LogP contribution in [-0.4, -0.2) is 27.8 Å². The maximum atomic E-state index is 14.0. The zero-order chi connectivity index (χ0) is 25.9. The van der Waals surface area contributed by atoms with Gasteiger partial charge in [0.25, 0.3) is 0 Å². The van der Waals surface area contributed by atoms with Gasteiger partial charge in [0.15, 0.2) is 0 Å². The van der Waals surface area contributed by atoms with Gasteiger partial charge >= 0.3 is 6.03 Å². The highest BCUT2D eigenvalue weighted by atomic mass is 16.2. The molecule has 3 aromatic rings. The number of urea groups is 1. The molecule has 7 nitrogen and oxygen atoms in total. The lowest BCUT2D eigenvalue weighted by Crippen LogP contribution is -2.41. The summed E-state index contributed by atoms with van der Waals surface area (Å²) in [5, 5.41) is 10.1. The van der Waals surface area contributed by atoms with Crippen molar-refractivity contribution in [3.63, 3.8) is 0 Å². The van der Waals surface area contributed by atoms with Crippen molar-refractivity contribution in [2.45, 2.75) is 65.5 Å². The summed E-state index contributed by atoms with van der Waals surface area (Å²) in [5.74, 6) is 0.895. The molecular formula is C30H36N6O. The molecule has 0 radical (unpaired) electrons. The number of nitrogens with one attached hydrogen (secondary N) is 1. The lowest BCUT2D eigenvalue weighted by Gasteiger charge is -2.29. The summed E-state index contributed by atoms with van der Waals surface area (Å²) in [5.41, 5.74) is 12.8. The van der Waals surface area contributed by atoms with Crippen LogP contribution < -0.4 is 16.0 Å². The molecule has 3 N–H and O–H groups in total. The molecule has 0 atom stereocenters. The monoisotopic (exact) mass is 496 g/mol. The van der Waals surface area contributed by atoms with Crippen molar-refractivity contribution in [1.29, 1.82) is 0 Å². The molecule has 5 rings (SSSR count). The Morgan fingerprint density at radius 1 is 1.05 bits per heavy atom. The van der Waals surface area contributed by atoms with Crippen LogP contribution in [0.3, 0.4) is 0 Å². The van der Waals surface area contributed by atoms with E-state index in [4.69, 9.17) is 10.8 Å². The predicted octanol–water partition coefficient (Wildman–Crippen LogP) is 6.85. The van der Waals surface area contributed by atoms with Crippen LogP contribution >= 0.6 is 0 Å². The van der Waals surface area contributed by atoms with E-state index in [2.05, 4.69) is 35.4 Å². The number of carbonyl (C=O) groups is 1. The number of hydrazone groups is 1. The van der Waals surface area contributed by atoms with Gasteiger partial charge in [0, 0.05) is 35.5 Å². The summed E-state index contributed by atoms with van der Waals surface area (Å²) in [6.07, 6.45) is 7.63. The summed E-state index contributed by atoms with van der Waals surface area (Å²) in [4.78, 5) is 20.0. The van der Waals surface area contributed by atoms with Crippen molar-refractivity contribution in [1.82, 2.24) is 9.99 Å². The Morgan fingerprint density at radius 3 is 2.51 bits per heavy atom. The van der Waals surface area contributed by atoms with Crippen LogP contribution in [0.1, 0.15) is 62.6 Å². The Bertz CT molecular complexity index is 1290. The Morgan fingerprint density at radius 2 is 1.81 bits per heavy atom. The topological polar surface area (TPSA) is 86.8 Å². The molecule has 192 valence electrons. The third-order valence-corrected chi connectivity index (χ3v) is 7.29. The number of aromatic nitrogens is 1. The van der Waals surface area contributed by atoms with E-state index in [1.165, 1.54) is 19.3 Å². The number of nitrogens with zero attached hydrogens (tertiary/aromatic N) is 4. The maximum absolute atomic E-state index is 14.0. The van der Waals surface area contributed by atoms with E-state index in [1.807, 2.05) is 55.1 Å². The first-order valence-electron chi connectivity index (χ1n) is 13.3. The SMILES string of the molecule is Cc1ccc2c(c1)N(c1ccc(NCc3cccnc3N)cc1)C(=O)N(C(C)C)N=C2C1CCCCC1. The second-order valence-corrected chi connectivity index (χ2v) is 10.3. The van der Waals surface area contributed by atoms with Crippen LogP contribution in [0, 0.1) is 12.8 Å². The second kappa shape index (κ2) is 10.6. The Labute approximate surface area is 219 Å². The summed E-state index contributed by atoms with van der Waals surface area (Å²) in [7, 11) is 0. The molecule has 0 bridgehead atoms. The molecule has 37 heavy (non-hydrogen) atoms. The number of fused-ring (bicyclic) bond motifs is 1. The quantitative estimate of drug-likeness (QED) is 0.391. The number of nitrogen functional groups attached to an aromatic ring is 1. The van der Waals surface area contributed by atoms with Crippen LogP contribution in [0.4, 0.5) is 27.7 Å². The van der Waals surface area contributed by atoms with Gasteiger partial charge in [-0.3, -0.25) is 4.90 Å². The van der Waals surface area contributed by atoms with E-state index >= 15 is 0 Å². The van der Waals surface area contributed by atoms with E-state index in [-0.39, 0.29) is 12.1 Å². The first kappa shape index (κ1) is 24.8. The van der Waals surface area contributed by atoms with Crippen LogP contribution in [0.5, 0.6) is 0 Å². The van der Waals surface area contributed by atoms with E-state index in [9.17, 15) is 4.79 Å². The summed E-state index contributed by atoms with van der Waals surface area (Å²) >= 11 is 0. The number of nitrogens with two attached hydrogens (primary N) is 1. The highest BCUT2D eigenvalue weighted by molar-refractivity contribution is 6.14. The van der Waals surface area contributed by atoms with Gasteiger partial charge in [-0.25, -0.2) is 14.8 Å². The smallest absolute Gasteiger partial charge is 0.349 e. The number of benzene rings is 2. The van der Waals surface area contributed by atoms with Crippen molar-refractivity contribution < 1.29 is 4.79 Å². The third kappa shape index (κ3) is 5.17. The molecule has 1 aliphatic heterocycles. The van der Waals surface area contributed by atoms with Gasteiger partial charge in [-0.05, 0) is 75.6 Å². The zero-order valence-electron chi connectivity index (χ0n) is 21.9. The fraction of sp³-hybridized carbons (Fsp3) is 0.367. The van der Waals surface area contributed by atoms with E-state index in [1.54, 1.807) is 11.2 Å². The van der Waals surface area contributed by atoms with Gasteiger partial charge in [0.2, 0.25) is 0 Å². The molecule has 1 aromatic heterocycles. The number of anilines is 4. The van der Waals surface area contributed by atoms with Gasteiger partial charge in [-0.15, -0.1) is 0 Å². The van der Waals surface area contributed by atoms with Gasteiger partial charge < -0.3 is 11.1 Å². The lowest BCUT2D eigenvalue weighted by atomic mass is 9.82. The molecule has 2 heterocycles. The standard InChI is InChI=1S/C30H36N6O/c1-20(2)36-30(37)35(25-14-12-24(13-15-25)33-19-23-10-7-17-32-29(23)31)27-18-21(3)11-16-26(27)28(34-36)22-8-5-4-6-9-22/h7,10-18,20,22,33H,4-6,8-9,19H2,1-3H3,(H2,31,32). The van der Waals surface area contributed by atoms with Crippen LogP contribution in [0.25, 0.3) is 0 Å². The number of amides is 2. The molecule has 7 heteroatoms. The molecule has 2 amide bonds. The Hall–Kier alpha value is -3.87. The van der Waals surface area contributed by atoms with E-state index in [0.717, 1.165) is 52.3 Å². The van der Waals surface area contributed by atoms with E-state index < -0.39 is 0 Å². The van der Waals surface area contributed by atoms with Gasteiger partial charge in [-0.2, -0.15) is 5.10 Å². The summed E-state index contributed by atoms with van der Waals surface area (Å²) in [6, 6.07) is 18.0. The average molecular weight is 497 g/mol. The fourth-order valence-corrected chi connectivity index (χ4v) is 5.25. The van der Waals surface area contributed by atoms with Gasteiger partial charge in [0.1, 0.15) is 5.82 Å². The largest absolute Gasteiger partial charge is 0.383 e. The Kier molecular flexibility index (Phi) is 7.12. The van der Waals surface area contributed by atoms with Gasteiger partial charge in [-0.1, -0.05) is 37.5 Å². The minimum atomic E-state index is -0.128. The molecular weight excluding hydrogens is 460 g/mol. The van der Waals surface area contributed by atoms with E-state index in [0.29, 0.717) is 18.3 Å². The van der Waals surface area contributed by atoms with Crippen LogP contribution in [0.15, 0.2) is 65.9 Å². The normalized spacial score (nSPS) is 16.4. The number of carbonyl (C=O) groups excluding carboxylic acids is 1. The highest BCUT2D eigenvalue weighted by Gasteiger charge is 2.35. The first-order valence-corrected chi connectivity index (χ1v) is 13.3. The zero-order valence-corrected chi connectivity index (χ0v) is 21.9. The molecule has 2 aromatic carbocycles. The summed E-state index contributed by atoms with van der Waals surface area (Å²) in [6.45, 7) is 6.69. The third-order valence-electron chi connectivity index (χ3n) is 7.29. The van der Waals surface area contributed by atoms with Crippen molar-refractivity contribution in [3.8, 4) is 0 Å². The van der Waals surface area contributed by atoms with Crippen molar-refractivity contribution >= 4 is 34.6 Å². The van der Waals surface area contributed by atoms with Crippen LogP contribution in [0.2, 0.25) is 0 Å². The molecule has 0 unspecified atom stereocenters. The minimum Gasteiger partial charge on any atom is -0.383 e. The molecule has 0 spiro atoms. The summed E-state index contributed by atoms with van der Waals surface area (Å²) < 4.78 is 0. The van der Waals surface area contributed by atoms with Crippen molar-refractivity contribution in [3.05, 3.63) is 77.5 Å². The second-order valence-electron chi connectivity index (χ2n) is 10.3. The lowest BCUT2D eigenvalue weighted by molar-refractivity contribution is 0.195. The number of pyridine rings is 1. The van der Waals surface area contributed by atoms with Crippen molar-refractivity contribution in [2.75, 3.05) is 16.0 Å². The minimum absolute atomic E-state index is 0.0603. The number of hydrogen-bond donors (Lipinski definition) is 2. The molecule has 2 aliphatic rings. The average Bonchev–Trinajstić information content (AvgIpc) is 3.03. The number of rotatable bonds is 6. The number of hydrogen-bond acceptors (Lipinski definition) is 5. The van der Waals surface area contributed by atoms with Gasteiger partial charge in [0.05, 0.1) is 23.1 Å². The van der Waals surface area contributed by atoms with Crippen LogP contribution in [-0.2, 0) is 6.54 Å². The molecule has 1 fully saturated rings.